The van der Waals surface area contributed by atoms with Crippen molar-refractivity contribution in [3.05, 3.63) is 35.4 Å². The second-order valence-corrected chi connectivity index (χ2v) is 3.98. The summed E-state index contributed by atoms with van der Waals surface area (Å²) in [5.74, 6) is 0.731. The van der Waals surface area contributed by atoms with E-state index in [0.717, 1.165) is 25.6 Å². The molecule has 0 radical (unpaired) electrons. The van der Waals surface area contributed by atoms with Gasteiger partial charge in [-0.2, -0.15) is 0 Å². The minimum Gasteiger partial charge on any atom is -0.381 e. The van der Waals surface area contributed by atoms with Gasteiger partial charge < -0.3 is 4.74 Å². The summed E-state index contributed by atoms with van der Waals surface area (Å²) in [6.07, 6.45) is 3.50. The molecule has 16 heavy (non-hydrogen) atoms. The lowest BCUT2D eigenvalue weighted by molar-refractivity contribution is 0.0853. The van der Waals surface area contributed by atoms with Crippen LogP contribution < -0.4 is 0 Å². The Hall–Kier alpha value is -0.820. The zero-order valence-corrected chi connectivity index (χ0v) is 10.8. The van der Waals surface area contributed by atoms with Crippen molar-refractivity contribution in [3.63, 3.8) is 0 Å². The van der Waals surface area contributed by atoms with Crippen LogP contribution >= 0.6 is 0 Å². The number of rotatable bonds is 2. The van der Waals surface area contributed by atoms with Crippen LogP contribution in [0.25, 0.3) is 0 Å². The maximum atomic E-state index is 5.37. The highest BCUT2D eigenvalue weighted by Gasteiger charge is 2.15. The van der Waals surface area contributed by atoms with E-state index in [4.69, 9.17) is 4.74 Å². The standard InChI is InChI=1S/C13H18O.C2H6/c1-2-11-3-5-12(6-4-11)13-7-9-14-10-8-13;1-2/h3-6,13H,2,7-10H2,1H3;1-2H3. The van der Waals surface area contributed by atoms with E-state index in [0.29, 0.717) is 0 Å². The Morgan fingerprint density at radius 3 is 2.12 bits per heavy atom. The highest BCUT2D eigenvalue weighted by Crippen LogP contribution is 2.26. The van der Waals surface area contributed by atoms with Gasteiger partial charge in [-0.05, 0) is 36.3 Å². The first-order valence-corrected chi connectivity index (χ1v) is 6.56. The Balaban J connectivity index is 0.000000606. The number of aryl methyl sites for hydroxylation is 1. The zero-order valence-electron chi connectivity index (χ0n) is 10.8. The summed E-state index contributed by atoms with van der Waals surface area (Å²) in [5, 5.41) is 0. The lowest BCUT2D eigenvalue weighted by atomic mass is 9.91. The fourth-order valence-electron chi connectivity index (χ4n) is 2.06. The molecule has 0 N–H and O–H groups in total. The van der Waals surface area contributed by atoms with Crippen molar-refractivity contribution >= 4 is 0 Å². The Bertz CT molecular complexity index is 270. The molecule has 0 aromatic heterocycles. The molecule has 1 aromatic carbocycles. The minimum absolute atomic E-state index is 0.731. The molecule has 0 atom stereocenters. The molecule has 1 nitrogen and oxygen atoms in total. The zero-order chi connectivity index (χ0) is 11.8. The largest absolute Gasteiger partial charge is 0.381 e. The van der Waals surface area contributed by atoms with Crippen LogP contribution in [0.15, 0.2) is 24.3 Å². The van der Waals surface area contributed by atoms with Gasteiger partial charge in [0.15, 0.2) is 0 Å². The van der Waals surface area contributed by atoms with E-state index in [9.17, 15) is 0 Å². The summed E-state index contributed by atoms with van der Waals surface area (Å²) >= 11 is 0. The van der Waals surface area contributed by atoms with Gasteiger partial charge in [-0.3, -0.25) is 0 Å². The summed E-state index contributed by atoms with van der Waals surface area (Å²) in [4.78, 5) is 0. The summed E-state index contributed by atoms with van der Waals surface area (Å²) < 4.78 is 5.37. The van der Waals surface area contributed by atoms with Gasteiger partial charge in [0, 0.05) is 13.2 Å². The number of hydrogen-bond acceptors (Lipinski definition) is 1. The molecule has 0 aliphatic carbocycles. The summed E-state index contributed by atoms with van der Waals surface area (Å²) in [6.45, 7) is 8.06. The molecule has 1 fully saturated rings. The molecule has 0 unspecified atom stereocenters. The van der Waals surface area contributed by atoms with Gasteiger partial charge in [0.2, 0.25) is 0 Å². The maximum absolute atomic E-state index is 5.37. The highest BCUT2D eigenvalue weighted by atomic mass is 16.5. The van der Waals surface area contributed by atoms with Gasteiger partial charge in [-0.25, -0.2) is 0 Å². The molecule has 1 aromatic rings. The monoisotopic (exact) mass is 220 g/mol. The average molecular weight is 220 g/mol. The first-order valence-electron chi connectivity index (χ1n) is 6.56. The van der Waals surface area contributed by atoms with E-state index >= 15 is 0 Å². The van der Waals surface area contributed by atoms with Crippen LogP contribution in [0.1, 0.15) is 50.7 Å². The molecule has 1 saturated heterocycles. The van der Waals surface area contributed by atoms with Crippen molar-refractivity contribution < 1.29 is 4.74 Å². The van der Waals surface area contributed by atoms with E-state index in [1.807, 2.05) is 13.8 Å². The molecule has 1 heterocycles. The molecule has 0 spiro atoms. The molecule has 0 amide bonds. The fourth-order valence-corrected chi connectivity index (χ4v) is 2.06. The smallest absolute Gasteiger partial charge is 0.0471 e. The number of hydrogen-bond donors (Lipinski definition) is 0. The second-order valence-electron chi connectivity index (χ2n) is 3.98. The Morgan fingerprint density at radius 2 is 1.62 bits per heavy atom. The minimum atomic E-state index is 0.731. The molecule has 0 bridgehead atoms. The third kappa shape index (κ3) is 3.64. The molecule has 1 aliphatic rings. The Kier molecular flexibility index (Phi) is 6.17. The predicted octanol–water partition coefficient (Wildman–Crippen LogP) is 4.17. The Labute approximate surface area is 99.8 Å². The number of ether oxygens (including phenoxy) is 1. The first-order chi connectivity index (χ1) is 7.90. The van der Waals surface area contributed by atoms with E-state index in [1.165, 1.54) is 24.0 Å². The lowest BCUT2D eigenvalue weighted by Crippen LogP contribution is -2.13. The Morgan fingerprint density at radius 1 is 1.06 bits per heavy atom. The van der Waals surface area contributed by atoms with Gasteiger partial charge in [-0.1, -0.05) is 45.0 Å². The molecular formula is C15H24O. The van der Waals surface area contributed by atoms with Gasteiger partial charge in [-0.15, -0.1) is 0 Å². The van der Waals surface area contributed by atoms with Crippen molar-refractivity contribution in [1.29, 1.82) is 0 Å². The normalized spacial score (nSPS) is 16.4. The molecule has 1 aliphatic heterocycles. The van der Waals surface area contributed by atoms with Crippen molar-refractivity contribution in [1.82, 2.24) is 0 Å². The third-order valence-electron chi connectivity index (χ3n) is 3.08. The van der Waals surface area contributed by atoms with Crippen LogP contribution in [0, 0.1) is 0 Å². The van der Waals surface area contributed by atoms with Crippen molar-refractivity contribution in [2.75, 3.05) is 13.2 Å². The van der Waals surface area contributed by atoms with E-state index < -0.39 is 0 Å². The van der Waals surface area contributed by atoms with Crippen LogP contribution in [0.4, 0.5) is 0 Å². The predicted molar refractivity (Wildman–Crippen MR) is 70.0 cm³/mol. The van der Waals surface area contributed by atoms with Crippen LogP contribution in [-0.4, -0.2) is 13.2 Å². The van der Waals surface area contributed by atoms with E-state index in [2.05, 4.69) is 31.2 Å². The SMILES string of the molecule is CC.CCc1ccc(C2CCOCC2)cc1. The van der Waals surface area contributed by atoms with Gasteiger partial charge in [0.25, 0.3) is 0 Å². The van der Waals surface area contributed by atoms with Crippen LogP contribution in [0.2, 0.25) is 0 Å². The topological polar surface area (TPSA) is 9.23 Å². The molecule has 0 saturated carbocycles. The van der Waals surface area contributed by atoms with Crippen LogP contribution in [-0.2, 0) is 11.2 Å². The fraction of sp³-hybridized carbons (Fsp3) is 0.600. The quantitative estimate of drug-likeness (QED) is 0.727. The molecule has 1 heteroatoms. The highest BCUT2D eigenvalue weighted by molar-refractivity contribution is 5.25. The second kappa shape index (κ2) is 7.45. The van der Waals surface area contributed by atoms with Crippen LogP contribution in [0.5, 0.6) is 0 Å². The van der Waals surface area contributed by atoms with Crippen molar-refractivity contribution in [2.45, 2.75) is 46.0 Å². The average Bonchev–Trinajstić information content (AvgIpc) is 2.42. The van der Waals surface area contributed by atoms with Crippen molar-refractivity contribution in [2.24, 2.45) is 0 Å². The van der Waals surface area contributed by atoms with Gasteiger partial charge in [0.05, 0.1) is 0 Å². The summed E-state index contributed by atoms with van der Waals surface area (Å²) in [6, 6.07) is 9.08. The van der Waals surface area contributed by atoms with E-state index in [1.54, 1.807) is 0 Å². The molecular weight excluding hydrogens is 196 g/mol. The summed E-state index contributed by atoms with van der Waals surface area (Å²) in [7, 11) is 0. The summed E-state index contributed by atoms with van der Waals surface area (Å²) in [5.41, 5.74) is 2.92. The first kappa shape index (κ1) is 13.2. The lowest BCUT2D eigenvalue weighted by Gasteiger charge is -2.22. The molecule has 90 valence electrons. The van der Waals surface area contributed by atoms with Crippen molar-refractivity contribution in [3.8, 4) is 0 Å². The van der Waals surface area contributed by atoms with E-state index in [-0.39, 0.29) is 0 Å². The number of benzene rings is 1. The van der Waals surface area contributed by atoms with Gasteiger partial charge >= 0.3 is 0 Å². The molecule has 2 rings (SSSR count). The maximum Gasteiger partial charge on any atom is 0.0471 e. The third-order valence-corrected chi connectivity index (χ3v) is 3.08. The van der Waals surface area contributed by atoms with Gasteiger partial charge in [0.1, 0.15) is 0 Å². The van der Waals surface area contributed by atoms with Crippen LogP contribution in [0.3, 0.4) is 0 Å².